The van der Waals surface area contributed by atoms with Crippen LogP contribution in [0.25, 0.3) is 0 Å². The minimum absolute atomic E-state index is 0.623. The van der Waals surface area contributed by atoms with E-state index in [9.17, 15) is 0 Å². The molecule has 0 bridgehead atoms. The minimum atomic E-state index is 0.623. The standard InChI is InChI=1S/C11H14ClNS/c12-5-1-2-6-13-7-3-11-10(9-13)4-8-14-11/h1-2,4,8H,3,5-7,9H2. The molecule has 0 unspecified atom stereocenters. The molecule has 2 heterocycles. The van der Waals surface area contributed by atoms with E-state index in [2.05, 4.69) is 22.4 Å². The summed E-state index contributed by atoms with van der Waals surface area (Å²) in [4.78, 5) is 4.03. The fraction of sp³-hybridized carbons (Fsp3) is 0.455. The Kier molecular flexibility index (Phi) is 3.62. The number of rotatable bonds is 3. The van der Waals surface area contributed by atoms with Gasteiger partial charge in [0.05, 0.1) is 0 Å². The lowest BCUT2D eigenvalue weighted by Crippen LogP contribution is -2.29. The Morgan fingerprint density at radius 3 is 3.29 bits per heavy atom. The van der Waals surface area contributed by atoms with Crippen LogP contribution in [0.2, 0.25) is 0 Å². The van der Waals surface area contributed by atoms with E-state index >= 15 is 0 Å². The number of alkyl halides is 1. The van der Waals surface area contributed by atoms with E-state index in [1.807, 2.05) is 17.4 Å². The first-order valence-electron chi connectivity index (χ1n) is 4.88. The van der Waals surface area contributed by atoms with Gasteiger partial charge in [-0.2, -0.15) is 0 Å². The zero-order valence-corrected chi connectivity index (χ0v) is 9.65. The molecule has 0 spiro atoms. The Morgan fingerprint density at radius 1 is 1.50 bits per heavy atom. The van der Waals surface area contributed by atoms with E-state index in [1.54, 1.807) is 4.88 Å². The zero-order valence-electron chi connectivity index (χ0n) is 8.08. The second kappa shape index (κ2) is 4.96. The molecule has 1 aromatic heterocycles. The second-order valence-corrected chi connectivity index (χ2v) is 4.79. The summed E-state index contributed by atoms with van der Waals surface area (Å²) in [7, 11) is 0. The minimum Gasteiger partial charge on any atom is -0.295 e. The summed E-state index contributed by atoms with van der Waals surface area (Å²) in [5.74, 6) is 0.623. The van der Waals surface area contributed by atoms with Crippen LogP contribution in [0, 0.1) is 0 Å². The van der Waals surface area contributed by atoms with E-state index in [-0.39, 0.29) is 0 Å². The maximum atomic E-state index is 5.58. The molecule has 1 aliphatic rings. The van der Waals surface area contributed by atoms with E-state index in [0.717, 1.165) is 13.1 Å². The lowest BCUT2D eigenvalue weighted by Gasteiger charge is -2.25. The smallest absolute Gasteiger partial charge is 0.0404 e. The summed E-state index contributed by atoms with van der Waals surface area (Å²) in [6, 6.07) is 2.25. The third-order valence-electron chi connectivity index (χ3n) is 2.51. The van der Waals surface area contributed by atoms with Crippen molar-refractivity contribution in [2.45, 2.75) is 13.0 Å². The van der Waals surface area contributed by atoms with Crippen LogP contribution in [0.1, 0.15) is 10.4 Å². The fourth-order valence-electron chi connectivity index (χ4n) is 1.75. The lowest BCUT2D eigenvalue weighted by atomic mass is 10.1. The van der Waals surface area contributed by atoms with E-state index in [4.69, 9.17) is 11.6 Å². The highest BCUT2D eigenvalue weighted by molar-refractivity contribution is 7.10. The van der Waals surface area contributed by atoms with E-state index < -0.39 is 0 Å². The summed E-state index contributed by atoms with van der Waals surface area (Å²) in [5, 5.41) is 2.20. The number of halogens is 1. The number of nitrogens with zero attached hydrogens (tertiary/aromatic N) is 1. The third-order valence-corrected chi connectivity index (χ3v) is 3.71. The van der Waals surface area contributed by atoms with Crippen LogP contribution in [-0.2, 0) is 13.0 Å². The van der Waals surface area contributed by atoms with Gasteiger partial charge in [-0.15, -0.1) is 22.9 Å². The molecule has 0 aromatic carbocycles. The number of thiophene rings is 1. The molecule has 0 radical (unpaired) electrons. The van der Waals surface area contributed by atoms with Gasteiger partial charge >= 0.3 is 0 Å². The van der Waals surface area contributed by atoms with Crippen LogP contribution in [0.5, 0.6) is 0 Å². The maximum Gasteiger partial charge on any atom is 0.0404 e. The Bertz CT molecular complexity index is 319. The molecule has 0 amide bonds. The van der Waals surface area contributed by atoms with Gasteiger partial charge in [0.15, 0.2) is 0 Å². The molecule has 76 valence electrons. The molecule has 1 aliphatic heterocycles. The maximum absolute atomic E-state index is 5.58. The highest BCUT2D eigenvalue weighted by Crippen LogP contribution is 2.23. The molecule has 14 heavy (non-hydrogen) atoms. The quantitative estimate of drug-likeness (QED) is 0.567. The lowest BCUT2D eigenvalue weighted by molar-refractivity contribution is 0.284. The Morgan fingerprint density at radius 2 is 2.43 bits per heavy atom. The van der Waals surface area contributed by atoms with Crippen LogP contribution < -0.4 is 0 Å². The Labute approximate surface area is 94.0 Å². The van der Waals surface area contributed by atoms with Crippen molar-refractivity contribution in [1.29, 1.82) is 0 Å². The normalized spacial score (nSPS) is 17.5. The van der Waals surface area contributed by atoms with E-state index in [0.29, 0.717) is 5.88 Å². The number of hydrogen-bond acceptors (Lipinski definition) is 2. The number of fused-ring (bicyclic) bond motifs is 1. The van der Waals surface area contributed by atoms with Crippen molar-refractivity contribution in [3.8, 4) is 0 Å². The van der Waals surface area contributed by atoms with Gasteiger partial charge < -0.3 is 0 Å². The summed E-state index contributed by atoms with van der Waals surface area (Å²) in [6.07, 6.45) is 5.39. The van der Waals surface area contributed by atoms with Crippen molar-refractivity contribution in [1.82, 2.24) is 4.90 Å². The molecule has 1 aromatic rings. The van der Waals surface area contributed by atoms with Crippen LogP contribution in [-0.4, -0.2) is 23.9 Å². The molecule has 0 saturated heterocycles. The van der Waals surface area contributed by atoms with Gasteiger partial charge in [-0.25, -0.2) is 0 Å². The molecule has 0 atom stereocenters. The average Bonchev–Trinajstić information content (AvgIpc) is 2.65. The predicted molar refractivity (Wildman–Crippen MR) is 63.2 cm³/mol. The first-order valence-corrected chi connectivity index (χ1v) is 6.30. The molecule has 3 heteroatoms. The number of allylic oxidation sites excluding steroid dienone is 1. The molecule has 2 rings (SSSR count). The first-order chi connectivity index (χ1) is 6.90. The summed E-state index contributed by atoms with van der Waals surface area (Å²) < 4.78 is 0. The summed E-state index contributed by atoms with van der Waals surface area (Å²) in [5.41, 5.74) is 1.51. The third kappa shape index (κ3) is 2.38. The zero-order chi connectivity index (χ0) is 9.80. The van der Waals surface area contributed by atoms with Crippen molar-refractivity contribution >= 4 is 22.9 Å². The molecular weight excluding hydrogens is 214 g/mol. The van der Waals surface area contributed by atoms with Gasteiger partial charge in [-0.3, -0.25) is 4.90 Å². The molecule has 0 aliphatic carbocycles. The Balaban J connectivity index is 1.91. The van der Waals surface area contributed by atoms with Gasteiger partial charge in [0.1, 0.15) is 0 Å². The van der Waals surface area contributed by atoms with Crippen LogP contribution in [0.15, 0.2) is 23.6 Å². The van der Waals surface area contributed by atoms with Gasteiger partial charge in [0.2, 0.25) is 0 Å². The summed E-state index contributed by atoms with van der Waals surface area (Å²) in [6.45, 7) is 3.31. The van der Waals surface area contributed by atoms with Gasteiger partial charge in [0.25, 0.3) is 0 Å². The first kappa shape index (κ1) is 10.2. The van der Waals surface area contributed by atoms with Crippen LogP contribution in [0.4, 0.5) is 0 Å². The van der Waals surface area contributed by atoms with Crippen molar-refractivity contribution in [3.05, 3.63) is 34.0 Å². The largest absolute Gasteiger partial charge is 0.295 e. The van der Waals surface area contributed by atoms with Crippen molar-refractivity contribution in [2.75, 3.05) is 19.0 Å². The van der Waals surface area contributed by atoms with Crippen molar-refractivity contribution in [2.24, 2.45) is 0 Å². The SMILES string of the molecule is ClCC=CCN1CCc2sccc2C1. The fourth-order valence-corrected chi connectivity index (χ4v) is 2.77. The van der Waals surface area contributed by atoms with Crippen molar-refractivity contribution < 1.29 is 0 Å². The van der Waals surface area contributed by atoms with Gasteiger partial charge in [0, 0.05) is 30.4 Å². The predicted octanol–water partition coefficient (Wildman–Crippen LogP) is 2.90. The topological polar surface area (TPSA) is 3.24 Å². The molecule has 0 fully saturated rings. The molecule has 0 saturated carbocycles. The molecular formula is C11H14ClNS. The highest BCUT2D eigenvalue weighted by Gasteiger charge is 2.15. The van der Waals surface area contributed by atoms with E-state index in [1.165, 1.54) is 18.5 Å². The van der Waals surface area contributed by atoms with Crippen LogP contribution >= 0.6 is 22.9 Å². The highest BCUT2D eigenvalue weighted by atomic mass is 35.5. The molecule has 1 nitrogen and oxygen atoms in total. The summed E-state index contributed by atoms with van der Waals surface area (Å²) >= 11 is 7.47. The number of hydrogen-bond donors (Lipinski definition) is 0. The molecule has 0 N–H and O–H groups in total. The second-order valence-electron chi connectivity index (χ2n) is 3.48. The van der Waals surface area contributed by atoms with Crippen LogP contribution in [0.3, 0.4) is 0 Å². The van der Waals surface area contributed by atoms with Gasteiger partial charge in [-0.1, -0.05) is 12.2 Å². The Hall–Kier alpha value is -0.310. The van der Waals surface area contributed by atoms with Crippen molar-refractivity contribution in [3.63, 3.8) is 0 Å². The average molecular weight is 228 g/mol. The monoisotopic (exact) mass is 227 g/mol. The van der Waals surface area contributed by atoms with Gasteiger partial charge in [-0.05, 0) is 23.4 Å².